The maximum Gasteiger partial charge on any atom is 0.338 e. The van der Waals surface area contributed by atoms with Crippen LogP contribution in [0, 0.1) is 0 Å². The minimum Gasteiger partial charge on any atom is -0.488 e. The van der Waals surface area contributed by atoms with Gasteiger partial charge in [0.2, 0.25) is 0 Å². The molecule has 0 fully saturated rings. The number of aromatic nitrogens is 1. The maximum absolute atomic E-state index is 14.1. The topological polar surface area (TPSA) is 69.9 Å². The largest absolute Gasteiger partial charge is 0.488 e. The van der Waals surface area contributed by atoms with Crippen molar-refractivity contribution in [3.63, 3.8) is 0 Å². The van der Waals surface area contributed by atoms with Gasteiger partial charge in [0.15, 0.2) is 4.80 Å². The molecule has 0 saturated carbocycles. The molecule has 0 unspecified atom stereocenters. The van der Waals surface area contributed by atoms with Gasteiger partial charge in [0.25, 0.3) is 5.56 Å². The van der Waals surface area contributed by atoms with E-state index in [1.807, 2.05) is 67.6 Å². The molecule has 0 saturated heterocycles. The van der Waals surface area contributed by atoms with Gasteiger partial charge in [0, 0.05) is 5.02 Å². The second-order valence-electron chi connectivity index (χ2n) is 10.8. The molecule has 9 heteroatoms. The molecule has 0 amide bonds. The van der Waals surface area contributed by atoms with Crippen molar-refractivity contribution in [2.45, 2.75) is 59.1 Å². The second kappa shape index (κ2) is 14.1. The van der Waals surface area contributed by atoms with Gasteiger partial charge >= 0.3 is 5.97 Å². The van der Waals surface area contributed by atoms with Gasteiger partial charge in [0.1, 0.15) is 12.4 Å². The standard InChI is InChI=1S/C35H34BrClN2O4S/c1-5-7-28-31(34(41)42-6-2)32(25-13-11-24(12-14-25)21(3)4)39-33(40)30(44-35(39)38-28)19-23-10-17-29(27(36)18-23)43-20-22-8-15-26(37)16-9-22/h8-19,21,32H,5-7,20H2,1-4H3/b30-19-/t32-/m0/s1. The number of rotatable bonds is 10. The fourth-order valence-electron chi connectivity index (χ4n) is 5.12. The molecule has 5 rings (SSSR count). The number of halogens is 2. The van der Waals surface area contributed by atoms with E-state index >= 15 is 0 Å². The molecule has 3 aromatic carbocycles. The van der Waals surface area contributed by atoms with Crippen LogP contribution in [0.3, 0.4) is 0 Å². The van der Waals surface area contributed by atoms with E-state index < -0.39 is 12.0 Å². The first kappa shape index (κ1) is 31.9. The third-order valence-corrected chi connectivity index (χ3v) is 9.23. The zero-order valence-corrected chi connectivity index (χ0v) is 28.3. The summed E-state index contributed by atoms with van der Waals surface area (Å²) in [4.78, 5) is 32.9. The summed E-state index contributed by atoms with van der Waals surface area (Å²) in [5.74, 6) is 0.604. The van der Waals surface area contributed by atoms with Crippen LogP contribution in [0.2, 0.25) is 5.02 Å². The molecule has 0 bridgehead atoms. The van der Waals surface area contributed by atoms with Crippen molar-refractivity contribution >= 4 is 50.9 Å². The van der Waals surface area contributed by atoms with Crippen molar-refractivity contribution in [1.82, 2.24) is 4.57 Å². The van der Waals surface area contributed by atoms with Crippen LogP contribution in [0.4, 0.5) is 0 Å². The van der Waals surface area contributed by atoms with E-state index in [0.29, 0.717) is 50.3 Å². The van der Waals surface area contributed by atoms with Crippen molar-refractivity contribution < 1.29 is 14.3 Å². The Morgan fingerprint density at radius 1 is 1.09 bits per heavy atom. The van der Waals surface area contributed by atoms with Crippen molar-refractivity contribution in [1.29, 1.82) is 0 Å². The van der Waals surface area contributed by atoms with Gasteiger partial charge in [-0.1, -0.05) is 92.6 Å². The Balaban J connectivity index is 1.56. The van der Waals surface area contributed by atoms with Gasteiger partial charge in [0.05, 0.1) is 32.9 Å². The molecule has 1 atom stereocenters. The van der Waals surface area contributed by atoms with Crippen LogP contribution in [0.1, 0.15) is 74.8 Å². The summed E-state index contributed by atoms with van der Waals surface area (Å²) < 4.78 is 14.4. The van der Waals surface area contributed by atoms with Gasteiger partial charge in [-0.15, -0.1) is 0 Å². The molecule has 0 aliphatic carbocycles. The molecule has 228 valence electrons. The zero-order valence-electron chi connectivity index (χ0n) is 25.1. The number of allylic oxidation sites excluding steroid dienone is 1. The van der Waals surface area contributed by atoms with Gasteiger partial charge in [-0.25, -0.2) is 9.79 Å². The number of hydrogen-bond donors (Lipinski definition) is 0. The molecule has 0 radical (unpaired) electrons. The predicted octanol–water partition coefficient (Wildman–Crippen LogP) is 7.70. The first-order valence-corrected chi connectivity index (χ1v) is 16.7. The first-order chi connectivity index (χ1) is 21.2. The van der Waals surface area contributed by atoms with Crippen LogP contribution in [0.25, 0.3) is 6.08 Å². The lowest BCUT2D eigenvalue weighted by Crippen LogP contribution is -2.40. The van der Waals surface area contributed by atoms with E-state index in [9.17, 15) is 9.59 Å². The number of ether oxygens (including phenoxy) is 2. The highest BCUT2D eigenvalue weighted by atomic mass is 79.9. The Labute approximate surface area is 274 Å². The lowest BCUT2D eigenvalue weighted by molar-refractivity contribution is -0.139. The quantitative estimate of drug-likeness (QED) is 0.160. The maximum atomic E-state index is 14.1. The van der Waals surface area contributed by atoms with Crippen molar-refractivity contribution in [2.24, 2.45) is 4.99 Å². The Kier molecular flexibility index (Phi) is 10.2. The van der Waals surface area contributed by atoms with Crippen molar-refractivity contribution in [3.05, 3.63) is 129 Å². The molecule has 0 spiro atoms. The number of esters is 1. The van der Waals surface area contributed by atoms with E-state index in [4.69, 9.17) is 26.1 Å². The van der Waals surface area contributed by atoms with E-state index in [0.717, 1.165) is 27.6 Å². The van der Waals surface area contributed by atoms with E-state index in [-0.39, 0.29) is 12.2 Å². The lowest BCUT2D eigenvalue weighted by Gasteiger charge is -2.26. The van der Waals surface area contributed by atoms with Gasteiger partial charge in [-0.3, -0.25) is 9.36 Å². The van der Waals surface area contributed by atoms with Crippen molar-refractivity contribution in [3.8, 4) is 5.75 Å². The van der Waals surface area contributed by atoms with Crippen LogP contribution in [0.15, 0.2) is 92.3 Å². The second-order valence-corrected chi connectivity index (χ2v) is 13.1. The summed E-state index contributed by atoms with van der Waals surface area (Å²) in [5, 5.41) is 0.679. The number of carbonyl (C=O) groups is 1. The Bertz CT molecular complexity index is 1880. The van der Waals surface area contributed by atoms with Crippen molar-refractivity contribution in [2.75, 3.05) is 6.61 Å². The number of thiazole rings is 1. The fraction of sp³-hybridized carbons (Fsp3) is 0.286. The number of nitrogens with zero attached hydrogens (tertiary/aromatic N) is 2. The highest BCUT2D eigenvalue weighted by Crippen LogP contribution is 2.33. The Hall–Kier alpha value is -3.46. The normalized spacial score (nSPS) is 14.9. The smallest absolute Gasteiger partial charge is 0.338 e. The highest BCUT2D eigenvalue weighted by molar-refractivity contribution is 9.10. The van der Waals surface area contributed by atoms with E-state index in [2.05, 4.69) is 41.9 Å². The monoisotopic (exact) mass is 692 g/mol. The SMILES string of the molecule is CCCC1=C(C(=O)OCC)[C@H](c2ccc(C(C)C)cc2)n2c(s/c(=C\c3ccc(OCc4ccc(Cl)cc4)c(Br)c3)c2=O)=N1. The molecule has 1 aromatic heterocycles. The van der Waals surface area contributed by atoms with E-state index in [1.165, 1.54) is 16.9 Å². The molecular formula is C35H34BrClN2O4S. The molecule has 1 aliphatic rings. The molecule has 0 N–H and O–H groups in total. The Morgan fingerprint density at radius 2 is 1.82 bits per heavy atom. The average molecular weight is 694 g/mol. The zero-order chi connectivity index (χ0) is 31.4. The predicted molar refractivity (Wildman–Crippen MR) is 180 cm³/mol. The average Bonchev–Trinajstić information content (AvgIpc) is 3.31. The van der Waals surface area contributed by atoms with Crippen LogP contribution < -0.4 is 19.6 Å². The number of carbonyl (C=O) groups excluding carboxylic acids is 1. The number of benzene rings is 3. The van der Waals surface area contributed by atoms with Crippen LogP contribution in [-0.4, -0.2) is 17.1 Å². The lowest BCUT2D eigenvalue weighted by atomic mass is 9.92. The summed E-state index contributed by atoms with van der Waals surface area (Å²) in [7, 11) is 0. The highest BCUT2D eigenvalue weighted by Gasteiger charge is 2.34. The van der Waals surface area contributed by atoms with Gasteiger partial charge < -0.3 is 9.47 Å². The van der Waals surface area contributed by atoms with E-state index in [1.54, 1.807) is 11.5 Å². The first-order valence-electron chi connectivity index (χ1n) is 14.7. The molecular weight excluding hydrogens is 660 g/mol. The number of hydrogen-bond acceptors (Lipinski definition) is 6. The van der Waals surface area contributed by atoms with Crippen LogP contribution in [-0.2, 0) is 16.1 Å². The minimum atomic E-state index is -0.634. The molecule has 6 nitrogen and oxygen atoms in total. The summed E-state index contributed by atoms with van der Waals surface area (Å²) in [6.45, 7) is 8.74. The molecule has 1 aliphatic heterocycles. The fourth-order valence-corrected chi connectivity index (χ4v) is 6.77. The van der Waals surface area contributed by atoms with Crippen LogP contribution in [0.5, 0.6) is 5.75 Å². The molecule has 44 heavy (non-hydrogen) atoms. The third-order valence-electron chi connectivity index (χ3n) is 7.37. The third kappa shape index (κ3) is 6.93. The molecule has 4 aromatic rings. The summed E-state index contributed by atoms with van der Waals surface area (Å²) in [6, 6.07) is 20.7. The van der Waals surface area contributed by atoms with Gasteiger partial charge in [-0.05, 0) is 87.8 Å². The summed E-state index contributed by atoms with van der Waals surface area (Å²) in [5.41, 5.74) is 4.75. The number of fused-ring (bicyclic) bond motifs is 1. The van der Waals surface area contributed by atoms with Gasteiger partial charge in [-0.2, -0.15) is 0 Å². The Morgan fingerprint density at radius 3 is 2.45 bits per heavy atom. The summed E-state index contributed by atoms with van der Waals surface area (Å²) >= 11 is 10.9. The van der Waals surface area contributed by atoms with Crippen LogP contribution >= 0.6 is 38.9 Å². The minimum absolute atomic E-state index is 0.205. The summed E-state index contributed by atoms with van der Waals surface area (Å²) in [6.07, 6.45) is 3.25. The molecule has 2 heterocycles.